The van der Waals surface area contributed by atoms with Crippen LogP contribution in [0, 0.1) is 5.92 Å². The standard InChI is InChI=1S/C28H44N2O4/c1-2-3-4-5-6-7-8-14-21-30(27(32)22-24-17-12-13-18-26(24)31)25(28(33)29-34)20-19-23-15-10-9-11-16-23/h9-11,15-16,24-25,34H,2-8,12-14,17-22H2,1H3,(H,29,33)/t24-,25-/m1/s1. The highest BCUT2D eigenvalue weighted by molar-refractivity contribution is 5.90. The van der Waals surface area contributed by atoms with Crippen LogP contribution in [0.2, 0.25) is 0 Å². The number of rotatable bonds is 16. The Morgan fingerprint density at radius 2 is 1.71 bits per heavy atom. The van der Waals surface area contributed by atoms with Crippen LogP contribution in [0.3, 0.4) is 0 Å². The van der Waals surface area contributed by atoms with E-state index in [1.807, 2.05) is 30.3 Å². The molecule has 1 saturated carbocycles. The van der Waals surface area contributed by atoms with Crippen LogP contribution in [0.25, 0.3) is 0 Å². The average molecular weight is 473 g/mol. The third kappa shape index (κ3) is 9.96. The number of nitrogens with one attached hydrogen (secondary N) is 1. The van der Waals surface area contributed by atoms with E-state index in [9.17, 15) is 19.6 Å². The van der Waals surface area contributed by atoms with Gasteiger partial charge in [-0.1, -0.05) is 88.6 Å². The number of Topliss-reactive ketones (excluding diaryl/α,β-unsaturated/α-hetero) is 1. The van der Waals surface area contributed by atoms with E-state index in [4.69, 9.17) is 0 Å². The van der Waals surface area contributed by atoms with Crippen LogP contribution >= 0.6 is 0 Å². The van der Waals surface area contributed by atoms with Gasteiger partial charge in [0.1, 0.15) is 11.8 Å². The molecule has 1 aromatic carbocycles. The van der Waals surface area contributed by atoms with Crippen molar-refractivity contribution in [3.05, 3.63) is 35.9 Å². The van der Waals surface area contributed by atoms with Crippen LogP contribution < -0.4 is 5.48 Å². The topological polar surface area (TPSA) is 86.7 Å². The molecule has 0 aliphatic heterocycles. The summed E-state index contributed by atoms with van der Waals surface area (Å²) in [7, 11) is 0. The second kappa shape index (κ2) is 16.4. The first kappa shape index (κ1) is 28.0. The molecule has 1 aliphatic rings. The highest BCUT2D eigenvalue weighted by Crippen LogP contribution is 2.25. The van der Waals surface area contributed by atoms with Gasteiger partial charge in [0.15, 0.2) is 0 Å². The van der Waals surface area contributed by atoms with Gasteiger partial charge in [0, 0.05) is 25.3 Å². The van der Waals surface area contributed by atoms with Gasteiger partial charge >= 0.3 is 0 Å². The molecule has 34 heavy (non-hydrogen) atoms. The summed E-state index contributed by atoms with van der Waals surface area (Å²) in [5.74, 6) is -0.781. The van der Waals surface area contributed by atoms with Gasteiger partial charge in [-0.05, 0) is 37.7 Å². The number of hydrogen-bond donors (Lipinski definition) is 2. The predicted octanol–water partition coefficient (Wildman–Crippen LogP) is 5.61. The number of benzene rings is 1. The summed E-state index contributed by atoms with van der Waals surface area (Å²) in [5, 5.41) is 9.42. The summed E-state index contributed by atoms with van der Waals surface area (Å²) >= 11 is 0. The molecule has 0 bridgehead atoms. The summed E-state index contributed by atoms with van der Waals surface area (Å²) in [5.41, 5.74) is 2.86. The smallest absolute Gasteiger partial charge is 0.266 e. The minimum atomic E-state index is -0.749. The Morgan fingerprint density at radius 1 is 1.03 bits per heavy atom. The first-order valence-corrected chi connectivity index (χ1v) is 13.4. The Morgan fingerprint density at radius 3 is 2.35 bits per heavy atom. The van der Waals surface area contributed by atoms with E-state index in [0.29, 0.717) is 25.8 Å². The summed E-state index contributed by atoms with van der Waals surface area (Å²) in [6, 6.07) is 9.10. The van der Waals surface area contributed by atoms with Gasteiger partial charge in [-0.25, -0.2) is 5.48 Å². The van der Waals surface area contributed by atoms with Gasteiger partial charge in [0.25, 0.3) is 5.91 Å². The lowest BCUT2D eigenvalue weighted by atomic mass is 9.85. The summed E-state index contributed by atoms with van der Waals surface area (Å²) in [6.45, 7) is 2.69. The maximum atomic E-state index is 13.4. The fraction of sp³-hybridized carbons (Fsp3) is 0.679. The number of carbonyl (C=O) groups is 3. The zero-order chi connectivity index (χ0) is 24.6. The summed E-state index contributed by atoms with van der Waals surface area (Å²) in [4.78, 5) is 40.0. The average Bonchev–Trinajstić information content (AvgIpc) is 2.86. The Kier molecular flexibility index (Phi) is 13.5. The van der Waals surface area contributed by atoms with Gasteiger partial charge in [-0.3, -0.25) is 19.6 Å². The maximum Gasteiger partial charge on any atom is 0.266 e. The molecule has 6 heteroatoms. The molecule has 2 atom stereocenters. The van der Waals surface area contributed by atoms with Crippen LogP contribution in [0.5, 0.6) is 0 Å². The number of unbranched alkanes of at least 4 members (excludes halogenated alkanes) is 7. The molecule has 0 saturated heterocycles. The number of aryl methyl sites for hydroxylation is 1. The zero-order valence-electron chi connectivity index (χ0n) is 21.0. The molecule has 0 spiro atoms. The Labute approximate surface area is 205 Å². The first-order valence-electron chi connectivity index (χ1n) is 13.4. The SMILES string of the molecule is CCCCCCCCCCN(C(=O)C[C@H]1CCCCC1=O)[C@H](CCc1ccccc1)C(=O)NO. The van der Waals surface area contributed by atoms with Crippen molar-refractivity contribution in [2.24, 2.45) is 5.92 Å². The molecule has 0 heterocycles. The Balaban J connectivity index is 2.02. The molecule has 1 fully saturated rings. The molecule has 1 aliphatic carbocycles. The zero-order valence-corrected chi connectivity index (χ0v) is 21.0. The number of carbonyl (C=O) groups excluding carboxylic acids is 3. The van der Waals surface area contributed by atoms with Gasteiger partial charge in [0.2, 0.25) is 5.91 Å². The first-order chi connectivity index (χ1) is 16.6. The molecular weight excluding hydrogens is 428 g/mol. The molecule has 190 valence electrons. The Bertz CT molecular complexity index is 737. The van der Waals surface area contributed by atoms with Crippen LogP contribution in [0.1, 0.15) is 102 Å². The predicted molar refractivity (Wildman–Crippen MR) is 134 cm³/mol. The minimum Gasteiger partial charge on any atom is -0.331 e. The monoisotopic (exact) mass is 472 g/mol. The molecular formula is C28H44N2O4. The van der Waals surface area contributed by atoms with E-state index in [0.717, 1.165) is 44.1 Å². The van der Waals surface area contributed by atoms with Crippen LogP contribution in [-0.2, 0) is 20.8 Å². The summed E-state index contributed by atoms with van der Waals surface area (Å²) < 4.78 is 0. The van der Waals surface area contributed by atoms with Crippen LogP contribution in [-0.4, -0.2) is 40.3 Å². The van der Waals surface area contributed by atoms with Crippen molar-refractivity contribution in [1.82, 2.24) is 10.4 Å². The molecule has 2 amide bonds. The van der Waals surface area contributed by atoms with Crippen molar-refractivity contribution < 1.29 is 19.6 Å². The second-order valence-electron chi connectivity index (χ2n) is 9.69. The van der Waals surface area contributed by atoms with Crippen LogP contribution in [0.15, 0.2) is 30.3 Å². The number of amides is 2. The summed E-state index contributed by atoms with van der Waals surface area (Å²) in [6.07, 6.45) is 13.5. The van der Waals surface area contributed by atoms with Crippen molar-refractivity contribution in [3.63, 3.8) is 0 Å². The van der Waals surface area contributed by atoms with Crippen molar-refractivity contribution in [1.29, 1.82) is 0 Å². The molecule has 2 N–H and O–H groups in total. The number of hydroxylamine groups is 1. The fourth-order valence-corrected chi connectivity index (χ4v) is 4.92. The third-order valence-corrected chi connectivity index (χ3v) is 7.01. The van der Waals surface area contributed by atoms with E-state index >= 15 is 0 Å². The highest BCUT2D eigenvalue weighted by atomic mass is 16.5. The lowest BCUT2D eigenvalue weighted by Gasteiger charge is -2.32. The molecule has 0 aromatic heterocycles. The third-order valence-electron chi connectivity index (χ3n) is 7.01. The molecule has 1 aromatic rings. The normalized spacial score (nSPS) is 16.8. The van der Waals surface area contributed by atoms with Crippen molar-refractivity contribution in [2.75, 3.05) is 6.54 Å². The van der Waals surface area contributed by atoms with Crippen molar-refractivity contribution in [2.45, 2.75) is 109 Å². The van der Waals surface area contributed by atoms with E-state index in [1.54, 1.807) is 10.4 Å². The van der Waals surface area contributed by atoms with Gasteiger partial charge in [0.05, 0.1) is 0 Å². The van der Waals surface area contributed by atoms with Crippen LogP contribution in [0.4, 0.5) is 0 Å². The minimum absolute atomic E-state index is 0.148. The number of nitrogens with zero attached hydrogens (tertiary/aromatic N) is 1. The largest absolute Gasteiger partial charge is 0.331 e. The molecule has 2 rings (SSSR count). The van der Waals surface area contributed by atoms with Crippen molar-refractivity contribution >= 4 is 17.6 Å². The maximum absolute atomic E-state index is 13.4. The quantitative estimate of drug-likeness (QED) is 0.186. The lowest BCUT2D eigenvalue weighted by molar-refractivity contribution is -0.146. The van der Waals surface area contributed by atoms with Gasteiger partial charge in [-0.2, -0.15) is 0 Å². The van der Waals surface area contributed by atoms with Gasteiger partial charge in [-0.15, -0.1) is 0 Å². The van der Waals surface area contributed by atoms with Gasteiger partial charge < -0.3 is 4.90 Å². The van der Waals surface area contributed by atoms with E-state index in [-0.39, 0.29) is 24.0 Å². The lowest BCUT2D eigenvalue weighted by Crippen LogP contribution is -2.50. The molecule has 0 unspecified atom stereocenters. The fourth-order valence-electron chi connectivity index (χ4n) is 4.92. The van der Waals surface area contributed by atoms with Crippen molar-refractivity contribution in [3.8, 4) is 0 Å². The number of ketones is 1. The van der Waals surface area contributed by atoms with E-state index in [1.165, 1.54) is 32.1 Å². The molecule has 6 nitrogen and oxygen atoms in total. The Hall–Kier alpha value is -2.21. The highest BCUT2D eigenvalue weighted by Gasteiger charge is 2.32. The molecule has 0 radical (unpaired) electrons. The second-order valence-corrected chi connectivity index (χ2v) is 9.69. The van der Waals surface area contributed by atoms with E-state index < -0.39 is 11.9 Å². The van der Waals surface area contributed by atoms with E-state index in [2.05, 4.69) is 6.92 Å². The number of hydrogen-bond acceptors (Lipinski definition) is 4.